The molecule has 0 radical (unpaired) electrons. The molecule has 1 fully saturated rings. The number of anilines is 2. The first-order valence-electron chi connectivity index (χ1n) is 28.4. The number of ketones is 1. The Bertz CT molecular complexity index is 2950. The number of fused-ring (bicyclic) bond motifs is 3. The van der Waals surface area contributed by atoms with Crippen molar-refractivity contribution in [2.45, 2.75) is 138 Å². The molecule has 1 aliphatic carbocycles. The van der Waals surface area contributed by atoms with E-state index in [9.17, 15) is 24.0 Å². The number of carbonyl (C=O) groups is 5. The van der Waals surface area contributed by atoms with Gasteiger partial charge in [-0.2, -0.15) is 0 Å². The topological polar surface area (TPSA) is 209 Å². The summed E-state index contributed by atoms with van der Waals surface area (Å²) < 4.78 is 35.9. The van der Waals surface area contributed by atoms with Crippen LogP contribution in [0.4, 0.5) is 16.2 Å². The van der Waals surface area contributed by atoms with Crippen LogP contribution in [0.2, 0.25) is 0 Å². The fourth-order valence-electron chi connectivity index (χ4n) is 10.2. The van der Waals surface area contributed by atoms with Crippen LogP contribution in [0.1, 0.15) is 118 Å². The summed E-state index contributed by atoms with van der Waals surface area (Å²) in [7, 11) is 1.47. The third kappa shape index (κ3) is 18.1. The van der Waals surface area contributed by atoms with Gasteiger partial charge in [0.05, 0.1) is 73.5 Å². The number of rotatable bonds is 26. The third-order valence-corrected chi connectivity index (χ3v) is 15.1. The zero-order valence-corrected chi connectivity index (χ0v) is 50.1. The SMILES string of the molecule is C[C@@H](C(=O)N[C@H](C(=O)N1C[C@@H](CC(=O)COCCOCCOCCOCCOc2cc3nccc(Nc4ccc5scnc5c4)c3cc2CC(C)(C)C)C[C@H]1C(=O)N[C@@H]1CCCc2ccccc21)C(C)(C)C)N(C)C(=O)OC(C)(C)C. The van der Waals surface area contributed by atoms with E-state index in [-0.39, 0.29) is 68.3 Å². The Labute approximate surface area is 481 Å². The molecule has 81 heavy (non-hydrogen) atoms. The molecule has 5 aromatic rings. The molecule has 0 bridgehead atoms. The zero-order chi connectivity index (χ0) is 58.5. The standard InChI is InChI=1S/C62H85N7O11S/c1-40(68(11)59(74)80-62(8,9)10)56(71)67-55(61(5,6)7)58(73)69-37-41(32-52(69)57(72)66-48-18-14-16-42-15-12-13-17-46(42)48)31-45(70)38-78-28-27-76-24-23-75-25-26-77-29-30-79-53-35-50-47(33-43(53)36-60(2,3)4)49(21-22-63-50)65-44-19-20-54-51(34-44)64-39-81-54/h12-13,15,17,19-22,33-35,39-41,48,52,55H,14,16,18,23-32,36-38H2,1-11H3,(H,63,65)(H,66,72)(H,67,71)/t40-,41-,48+,52-,55+/m0/s1. The molecule has 3 heterocycles. The first kappa shape index (κ1) is 62.4. The lowest BCUT2D eigenvalue weighted by atomic mass is 9.85. The van der Waals surface area contributed by atoms with Crippen molar-refractivity contribution in [2.24, 2.45) is 16.7 Å². The Balaban J connectivity index is 0.824. The Morgan fingerprint density at radius 2 is 1.51 bits per heavy atom. The molecule has 7 rings (SSSR count). The molecule has 0 saturated carbocycles. The Morgan fingerprint density at radius 1 is 0.815 bits per heavy atom. The summed E-state index contributed by atoms with van der Waals surface area (Å²) in [6, 6.07) is 17.3. The summed E-state index contributed by atoms with van der Waals surface area (Å²) in [4.78, 5) is 80.9. The second-order valence-corrected chi connectivity index (χ2v) is 25.4. The minimum atomic E-state index is -1.06. The average Bonchev–Trinajstić information content (AvgIpc) is 4.11. The number of aromatic nitrogens is 2. The molecule has 18 nitrogen and oxygen atoms in total. The number of pyridine rings is 1. The molecule has 2 aromatic heterocycles. The van der Waals surface area contributed by atoms with Gasteiger partial charge < -0.3 is 49.3 Å². The smallest absolute Gasteiger partial charge is 0.410 e. The quantitative estimate of drug-likeness (QED) is 0.0441. The third-order valence-electron chi connectivity index (χ3n) is 14.3. The molecule has 0 unspecified atom stereocenters. The predicted octanol–water partition coefficient (Wildman–Crippen LogP) is 9.78. The molecule has 2 aliphatic rings. The van der Waals surface area contributed by atoms with E-state index < -0.39 is 47.0 Å². The van der Waals surface area contributed by atoms with Crippen molar-refractivity contribution in [3.05, 3.63) is 89.1 Å². The van der Waals surface area contributed by atoms with Crippen molar-refractivity contribution in [1.82, 2.24) is 30.4 Å². The number of carbonyl (C=O) groups excluding carboxylic acids is 5. The summed E-state index contributed by atoms with van der Waals surface area (Å²) in [5.74, 6) is -1.00. The van der Waals surface area contributed by atoms with Crippen molar-refractivity contribution >= 4 is 73.4 Å². The van der Waals surface area contributed by atoms with Crippen LogP contribution < -0.4 is 20.7 Å². The van der Waals surface area contributed by atoms with E-state index in [1.165, 1.54) is 22.4 Å². The van der Waals surface area contributed by atoms with Crippen LogP contribution in [0.25, 0.3) is 21.1 Å². The number of benzene rings is 3. The number of hydrogen-bond acceptors (Lipinski definition) is 15. The minimum absolute atomic E-state index is 0.0240. The second-order valence-electron chi connectivity index (χ2n) is 24.5. The average molecular weight is 1140 g/mol. The summed E-state index contributed by atoms with van der Waals surface area (Å²) in [5.41, 5.74) is 7.38. The van der Waals surface area contributed by atoms with Crippen LogP contribution in [0.15, 0.2) is 72.4 Å². The van der Waals surface area contributed by atoms with Gasteiger partial charge in [0, 0.05) is 49.0 Å². The second kappa shape index (κ2) is 28.2. The van der Waals surface area contributed by atoms with Gasteiger partial charge in [0.15, 0.2) is 5.78 Å². The lowest BCUT2D eigenvalue weighted by Gasteiger charge is -2.37. The van der Waals surface area contributed by atoms with Crippen molar-refractivity contribution in [2.75, 3.05) is 78.4 Å². The number of ether oxygens (including phenoxy) is 6. The van der Waals surface area contributed by atoms with E-state index in [1.807, 2.05) is 56.6 Å². The molecule has 4 amide bonds. The van der Waals surface area contributed by atoms with Gasteiger partial charge >= 0.3 is 6.09 Å². The van der Waals surface area contributed by atoms with Gasteiger partial charge in [-0.15, -0.1) is 11.3 Å². The molecule has 3 N–H and O–H groups in total. The van der Waals surface area contributed by atoms with Gasteiger partial charge in [0.1, 0.15) is 42.7 Å². The molecular weight excluding hydrogens is 1050 g/mol. The lowest BCUT2D eigenvalue weighted by Crippen LogP contribution is -2.60. The highest BCUT2D eigenvalue weighted by Crippen LogP contribution is 2.37. The molecule has 1 saturated heterocycles. The first-order valence-corrected chi connectivity index (χ1v) is 29.2. The van der Waals surface area contributed by atoms with E-state index in [4.69, 9.17) is 28.4 Å². The molecule has 3 aromatic carbocycles. The highest BCUT2D eigenvalue weighted by atomic mass is 32.1. The van der Waals surface area contributed by atoms with E-state index in [0.29, 0.717) is 39.6 Å². The highest BCUT2D eigenvalue weighted by Gasteiger charge is 2.46. The maximum atomic E-state index is 14.7. The first-order chi connectivity index (χ1) is 38.4. The van der Waals surface area contributed by atoms with E-state index in [0.717, 1.165) is 75.1 Å². The molecule has 19 heteroatoms. The van der Waals surface area contributed by atoms with Gasteiger partial charge in [0.2, 0.25) is 17.7 Å². The molecule has 5 atom stereocenters. The number of thiazole rings is 1. The summed E-state index contributed by atoms with van der Waals surface area (Å²) in [6.07, 6.45) is 4.88. The largest absolute Gasteiger partial charge is 0.491 e. The van der Waals surface area contributed by atoms with E-state index in [2.05, 4.69) is 77.0 Å². The normalized spacial score (nSPS) is 17.3. The minimum Gasteiger partial charge on any atom is -0.491 e. The van der Waals surface area contributed by atoms with Crippen LogP contribution in [-0.2, 0) is 55.7 Å². The van der Waals surface area contributed by atoms with Crippen LogP contribution in [0.3, 0.4) is 0 Å². The van der Waals surface area contributed by atoms with Crippen LogP contribution >= 0.6 is 11.3 Å². The van der Waals surface area contributed by atoms with E-state index >= 15 is 0 Å². The van der Waals surface area contributed by atoms with Crippen LogP contribution in [-0.4, -0.2) is 146 Å². The molecular formula is C62H85N7O11S. The number of amides is 4. The maximum Gasteiger partial charge on any atom is 0.410 e. The van der Waals surface area contributed by atoms with Crippen molar-refractivity contribution in [3.63, 3.8) is 0 Å². The number of likely N-dealkylation sites (N-methyl/N-ethyl adjacent to an activating group) is 1. The Hall–Kier alpha value is -6.25. The summed E-state index contributed by atoms with van der Waals surface area (Å²) in [5, 5.41) is 10.7. The van der Waals surface area contributed by atoms with Crippen molar-refractivity contribution in [1.29, 1.82) is 0 Å². The van der Waals surface area contributed by atoms with Gasteiger partial charge in [-0.1, -0.05) is 65.8 Å². The van der Waals surface area contributed by atoms with Crippen LogP contribution in [0.5, 0.6) is 5.75 Å². The van der Waals surface area contributed by atoms with Gasteiger partial charge in [-0.3, -0.25) is 29.1 Å². The Morgan fingerprint density at radius 3 is 2.20 bits per heavy atom. The molecule has 1 aliphatic heterocycles. The zero-order valence-electron chi connectivity index (χ0n) is 49.3. The monoisotopic (exact) mass is 1140 g/mol. The number of nitrogens with one attached hydrogen (secondary N) is 3. The van der Waals surface area contributed by atoms with Crippen molar-refractivity contribution < 1.29 is 52.4 Å². The van der Waals surface area contributed by atoms with Gasteiger partial charge in [-0.05, 0) is 124 Å². The van der Waals surface area contributed by atoms with Gasteiger partial charge in [-0.25, -0.2) is 9.78 Å². The molecule has 440 valence electrons. The van der Waals surface area contributed by atoms with Gasteiger partial charge in [0.25, 0.3) is 0 Å². The summed E-state index contributed by atoms with van der Waals surface area (Å²) in [6.45, 7) is 21.6. The van der Waals surface area contributed by atoms with Crippen molar-refractivity contribution in [3.8, 4) is 5.75 Å². The van der Waals surface area contributed by atoms with E-state index in [1.54, 1.807) is 45.2 Å². The maximum absolute atomic E-state index is 14.7. The van der Waals surface area contributed by atoms with Crippen LogP contribution in [0, 0.1) is 16.7 Å². The number of aryl methyl sites for hydroxylation is 1. The fourth-order valence-corrected chi connectivity index (χ4v) is 10.8. The number of hydrogen-bond donors (Lipinski definition) is 3. The Kier molecular flexibility index (Phi) is 21.7. The number of nitrogens with zero attached hydrogens (tertiary/aromatic N) is 4. The molecule has 0 spiro atoms. The number of likely N-dealkylation sites (tertiary alicyclic amines) is 1. The fraction of sp³-hybridized carbons (Fsp3) is 0.565. The summed E-state index contributed by atoms with van der Waals surface area (Å²) >= 11 is 1.62. The predicted molar refractivity (Wildman–Crippen MR) is 315 cm³/mol. The lowest BCUT2D eigenvalue weighted by molar-refractivity contribution is -0.144. The number of Topliss-reactive ketones (excluding diaryl/α,β-unsaturated/α-hetero) is 1. The highest BCUT2D eigenvalue weighted by molar-refractivity contribution is 7.16.